The average molecular weight is 220 g/mol. The third kappa shape index (κ3) is 2.09. The molecular formula is C13H16O3. The molecule has 0 heterocycles. The molecule has 0 radical (unpaired) electrons. The number of benzene rings is 1. The molecule has 0 bridgehead atoms. The van der Waals surface area contributed by atoms with Gasteiger partial charge in [-0.1, -0.05) is 6.07 Å². The van der Waals surface area contributed by atoms with E-state index < -0.39 is 5.97 Å². The Kier molecular flexibility index (Phi) is 3.25. The summed E-state index contributed by atoms with van der Waals surface area (Å²) in [6.45, 7) is 0.722. The summed E-state index contributed by atoms with van der Waals surface area (Å²) in [4.78, 5) is 10.9. The number of rotatable bonds is 3. The zero-order chi connectivity index (χ0) is 11.5. The van der Waals surface area contributed by atoms with E-state index in [1.54, 1.807) is 19.2 Å². The van der Waals surface area contributed by atoms with Crippen LogP contribution in [0, 0.1) is 0 Å². The molecule has 3 heteroatoms. The van der Waals surface area contributed by atoms with Crippen molar-refractivity contribution in [1.82, 2.24) is 0 Å². The molecule has 0 spiro atoms. The summed E-state index contributed by atoms with van der Waals surface area (Å²) in [5.74, 6) is -0.423. The summed E-state index contributed by atoms with van der Waals surface area (Å²) in [7, 11) is 1.71. The van der Waals surface area contributed by atoms with Crippen molar-refractivity contribution in [1.29, 1.82) is 0 Å². The number of methoxy groups -OCH3 is 1. The van der Waals surface area contributed by atoms with Gasteiger partial charge in [0.15, 0.2) is 0 Å². The van der Waals surface area contributed by atoms with Gasteiger partial charge < -0.3 is 9.84 Å². The third-order valence-electron chi connectivity index (χ3n) is 3.20. The van der Waals surface area contributed by atoms with Gasteiger partial charge in [0.2, 0.25) is 0 Å². The van der Waals surface area contributed by atoms with Crippen LogP contribution in [0.1, 0.15) is 40.2 Å². The number of fused-ring (bicyclic) bond motifs is 1. The van der Waals surface area contributed by atoms with E-state index in [-0.39, 0.29) is 0 Å². The van der Waals surface area contributed by atoms with Gasteiger partial charge in [-0.25, -0.2) is 4.79 Å². The number of aryl methyl sites for hydroxylation is 1. The first-order valence-corrected chi connectivity index (χ1v) is 5.57. The molecule has 16 heavy (non-hydrogen) atoms. The summed E-state index contributed by atoms with van der Waals surface area (Å²) < 4.78 is 5.20. The van der Waals surface area contributed by atoms with Crippen molar-refractivity contribution in [3.63, 3.8) is 0 Å². The van der Waals surface area contributed by atoms with E-state index in [0.717, 1.165) is 25.9 Å². The maximum absolute atomic E-state index is 10.9. The fourth-order valence-electron chi connectivity index (χ4n) is 2.42. The van der Waals surface area contributed by atoms with Crippen LogP contribution in [0.25, 0.3) is 0 Å². The fourth-order valence-corrected chi connectivity index (χ4v) is 2.42. The predicted octanol–water partition coefficient (Wildman–Crippen LogP) is 2.45. The molecule has 2 rings (SSSR count). The van der Waals surface area contributed by atoms with E-state index in [2.05, 4.69) is 0 Å². The van der Waals surface area contributed by atoms with Gasteiger partial charge in [-0.3, -0.25) is 0 Å². The van der Waals surface area contributed by atoms with Crippen molar-refractivity contribution in [3.8, 4) is 0 Å². The first-order chi connectivity index (χ1) is 7.72. The topological polar surface area (TPSA) is 46.5 Å². The Hall–Kier alpha value is -1.35. The molecule has 0 aromatic heterocycles. The number of carboxylic acid groups (broad SMARTS) is 1. The van der Waals surface area contributed by atoms with Crippen LogP contribution >= 0.6 is 0 Å². The molecule has 1 aromatic carbocycles. The standard InChI is InChI=1S/C13H16O3/c1-16-8-11-4-2-3-9-7-10(13(14)15)5-6-12(9)11/h5-7,11H,2-4,8H2,1H3,(H,14,15). The Labute approximate surface area is 95.0 Å². The van der Waals surface area contributed by atoms with Crippen molar-refractivity contribution in [2.45, 2.75) is 25.2 Å². The summed E-state index contributed by atoms with van der Waals surface area (Å²) in [5, 5.41) is 8.93. The highest BCUT2D eigenvalue weighted by Gasteiger charge is 2.20. The van der Waals surface area contributed by atoms with Crippen LogP contribution in [0.4, 0.5) is 0 Å². The Morgan fingerprint density at radius 1 is 1.56 bits per heavy atom. The number of ether oxygens (including phenoxy) is 1. The SMILES string of the molecule is COCC1CCCc2cc(C(=O)O)ccc21. The Bertz CT molecular complexity index is 398. The minimum Gasteiger partial charge on any atom is -0.478 e. The van der Waals surface area contributed by atoms with E-state index in [9.17, 15) is 4.79 Å². The summed E-state index contributed by atoms with van der Waals surface area (Å²) in [6, 6.07) is 5.44. The number of carboxylic acids is 1. The minimum absolute atomic E-state index is 0.386. The minimum atomic E-state index is -0.850. The van der Waals surface area contributed by atoms with E-state index in [0.29, 0.717) is 11.5 Å². The quantitative estimate of drug-likeness (QED) is 0.851. The number of hydrogen-bond acceptors (Lipinski definition) is 2. The zero-order valence-corrected chi connectivity index (χ0v) is 9.40. The van der Waals surface area contributed by atoms with Gasteiger partial charge in [-0.05, 0) is 42.5 Å². The Morgan fingerprint density at radius 2 is 2.38 bits per heavy atom. The van der Waals surface area contributed by atoms with Gasteiger partial charge in [-0.2, -0.15) is 0 Å². The van der Waals surface area contributed by atoms with E-state index >= 15 is 0 Å². The van der Waals surface area contributed by atoms with Crippen LogP contribution in [0.5, 0.6) is 0 Å². The predicted molar refractivity (Wildman–Crippen MR) is 61.0 cm³/mol. The summed E-state index contributed by atoms with van der Waals surface area (Å²) in [6.07, 6.45) is 3.23. The van der Waals surface area contributed by atoms with Gasteiger partial charge in [0.05, 0.1) is 12.2 Å². The number of carbonyl (C=O) groups is 1. The zero-order valence-electron chi connectivity index (χ0n) is 9.40. The molecule has 1 N–H and O–H groups in total. The molecule has 0 amide bonds. The van der Waals surface area contributed by atoms with E-state index in [1.165, 1.54) is 11.1 Å². The molecular weight excluding hydrogens is 204 g/mol. The maximum atomic E-state index is 10.9. The first kappa shape index (κ1) is 11.1. The molecule has 86 valence electrons. The van der Waals surface area contributed by atoms with E-state index in [1.807, 2.05) is 6.07 Å². The highest BCUT2D eigenvalue weighted by molar-refractivity contribution is 5.88. The molecule has 0 aliphatic heterocycles. The Balaban J connectivity index is 2.32. The third-order valence-corrected chi connectivity index (χ3v) is 3.20. The normalized spacial score (nSPS) is 19.2. The molecule has 0 fully saturated rings. The van der Waals surface area contributed by atoms with Crippen LogP contribution < -0.4 is 0 Å². The number of aromatic carboxylic acids is 1. The van der Waals surface area contributed by atoms with Gasteiger partial charge in [0.1, 0.15) is 0 Å². The van der Waals surface area contributed by atoms with Gasteiger partial charge >= 0.3 is 5.97 Å². The van der Waals surface area contributed by atoms with E-state index in [4.69, 9.17) is 9.84 Å². The van der Waals surface area contributed by atoms with Gasteiger partial charge in [0.25, 0.3) is 0 Å². The van der Waals surface area contributed by atoms with Crippen molar-refractivity contribution < 1.29 is 14.6 Å². The molecule has 1 aromatic rings. The molecule has 1 unspecified atom stereocenters. The van der Waals surface area contributed by atoms with Crippen molar-refractivity contribution >= 4 is 5.97 Å². The highest BCUT2D eigenvalue weighted by atomic mass is 16.5. The smallest absolute Gasteiger partial charge is 0.335 e. The van der Waals surface area contributed by atoms with Gasteiger partial charge in [0, 0.05) is 13.0 Å². The highest BCUT2D eigenvalue weighted by Crippen LogP contribution is 2.32. The summed E-state index contributed by atoms with van der Waals surface area (Å²) in [5.41, 5.74) is 2.82. The van der Waals surface area contributed by atoms with Crippen LogP contribution in [0.2, 0.25) is 0 Å². The second-order valence-corrected chi connectivity index (χ2v) is 4.26. The van der Waals surface area contributed by atoms with Crippen molar-refractivity contribution in [2.75, 3.05) is 13.7 Å². The second kappa shape index (κ2) is 4.66. The van der Waals surface area contributed by atoms with Crippen molar-refractivity contribution in [2.24, 2.45) is 0 Å². The monoisotopic (exact) mass is 220 g/mol. The fraction of sp³-hybridized carbons (Fsp3) is 0.462. The average Bonchev–Trinajstić information content (AvgIpc) is 2.29. The van der Waals surface area contributed by atoms with Crippen LogP contribution in [0.15, 0.2) is 18.2 Å². The maximum Gasteiger partial charge on any atom is 0.335 e. The molecule has 1 atom stereocenters. The van der Waals surface area contributed by atoms with Gasteiger partial charge in [-0.15, -0.1) is 0 Å². The van der Waals surface area contributed by atoms with Crippen LogP contribution in [-0.2, 0) is 11.2 Å². The molecule has 1 aliphatic rings. The Morgan fingerprint density at radius 3 is 3.06 bits per heavy atom. The lowest BCUT2D eigenvalue weighted by atomic mass is 9.82. The molecule has 1 aliphatic carbocycles. The first-order valence-electron chi connectivity index (χ1n) is 5.57. The summed E-state index contributed by atoms with van der Waals surface area (Å²) >= 11 is 0. The molecule has 3 nitrogen and oxygen atoms in total. The molecule has 0 saturated heterocycles. The second-order valence-electron chi connectivity index (χ2n) is 4.26. The van der Waals surface area contributed by atoms with Crippen molar-refractivity contribution in [3.05, 3.63) is 34.9 Å². The lowest BCUT2D eigenvalue weighted by Gasteiger charge is -2.25. The lowest BCUT2D eigenvalue weighted by Crippen LogP contribution is -2.15. The largest absolute Gasteiger partial charge is 0.478 e. The van der Waals surface area contributed by atoms with Crippen LogP contribution in [-0.4, -0.2) is 24.8 Å². The number of hydrogen-bond donors (Lipinski definition) is 1. The lowest BCUT2D eigenvalue weighted by molar-refractivity contribution is 0.0696. The van der Waals surface area contributed by atoms with Crippen LogP contribution in [0.3, 0.4) is 0 Å². The molecule has 0 saturated carbocycles.